The van der Waals surface area contributed by atoms with Crippen molar-refractivity contribution in [3.63, 3.8) is 0 Å². The Morgan fingerprint density at radius 1 is 1.30 bits per heavy atom. The molecule has 1 aliphatic rings. The number of hydrogen-bond acceptors (Lipinski definition) is 3. The van der Waals surface area contributed by atoms with Crippen LogP contribution in [-0.2, 0) is 14.3 Å². The molecule has 0 radical (unpaired) electrons. The second kappa shape index (κ2) is 6.07. The van der Waals surface area contributed by atoms with E-state index in [2.05, 4.69) is 18.3 Å². The summed E-state index contributed by atoms with van der Waals surface area (Å²) < 4.78 is 4.96. The molecule has 1 fully saturated rings. The fraction of sp³-hybridized carbons (Fsp3) is 0.500. The summed E-state index contributed by atoms with van der Waals surface area (Å²) in [5.74, 6) is -0.483. The molecule has 1 aliphatic carbocycles. The smallest absolute Gasteiger partial charge is 0.309 e. The van der Waals surface area contributed by atoms with E-state index in [0.717, 1.165) is 18.4 Å². The molecule has 0 unspecified atom stereocenters. The van der Waals surface area contributed by atoms with E-state index in [-0.39, 0.29) is 30.4 Å². The summed E-state index contributed by atoms with van der Waals surface area (Å²) in [5.41, 5.74) is 3.48. The molecule has 0 saturated heterocycles. The maximum atomic E-state index is 11.7. The van der Waals surface area contributed by atoms with Crippen LogP contribution in [0.4, 0.5) is 0 Å². The Balaban J connectivity index is 1.83. The van der Waals surface area contributed by atoms with Gasteiger partial charge in [0.15, 0.2) is 6.61 Å². The summed E-state index contributed by atoms with van der Waals surface area (Å²) in [5, 5.41) is 2.84. The molecule has 0 aliphatic heterocycles. The molecule has 1 N–H and O–H groups in total. The van der Waals surface area contributed by atoms with Crippen molar-refractivity contribution in [3.8, 4) is 0 Å². The molecule has 2 rings (SSSR count). The van der Waals surface area contributed by atoms with Gasteiger partial charge in [-0.05, 0) is 50.3 Å². The van der Waals surface area contributed by atoms with Crippen molar-refractivity contribution < 1.29 is 14.3 Å². The third-order valence-corrected chi connectivity index (χ3v) is 3.66. The molecular formula is C16H21NO3. The second-order valence-electron chi connectivity index (χ2n) is 5.51. The lowest BCUT2D eigenvalue weighted by atomic mass is 10.0. The van der Waals surface area contributed by atoms with E-state index in [1.165, 1.54) is 11.1 Å². The maximum absolute atomic E-state index is 11.7. The van der Waals surface area contributed by atoms with E-state index in [0.29, 0.717) is 0 Å². The molecule has 1 amide bonds. The number of nitrogens with one attached hydrogen (secondary N) is 1. The predicted molar refractivity (Wildman–Crippen MR) is 76.2 cm³/mol. The van der Waals surface area contributed by atoms with Crippen LogP contribution >= 0.6 is 0 Å². The fourth-order valence-corrected chi connectivity index (χ4v) is 1.97. The fourth-order valence-electron chi connectivity index (χ4n) is 1.97. The normalized spacial score (nSPS) is 15.6. The van der Waals surface area contributed by atoms with Crippen molar-refractivity contribution >= 4 is 11.9 Å². The van der Waals surface area contributed by atoms with Crippen molar-refractivity contribution in [2.75, 3.05) is 6.61 Å². The molecular weight excluding hydrogens is 254 g/mol. The molecule has 20 heavy (non-hydrogen) atoms. The average molecular weight is 275 g/mol. The van der Waals surface area contributed by atoms with E-state index in [1.54, 1.807) is 0 Å². The molecule has 1 aromatic carbocycles. The first-order valence-electron chi connectivity index (χ1n) is 7.00. The van der Waals surface area contributed by atoms with Crippen LogP contribution in [0.25, 0.3) is 0 Å². The number of ether oxygens (including phenoxy) is 1. The van der Waals surface area contributed by atoms with Gasteiger partial charge in [-0.1, -0.05) is 18.2 Å². The highest BCUT2D eigenvalue weighted by atomic mass is 16.5. The van der Waals surface area contributed by atoms with Gasteiger partial charge in [0.05, 0.1) is 12.0 Å². The van der Waals surface area contributed by atoms with E-state index < -0.39 is 0 Å². The van der Waals surface area contributed by atoms with Crippen molar-refractivity contribution in [1.82, 2.24) is 5.32 Å². The molecule has 1 atom stereocenters. The number of amides is 1. The molecule has 0 bridgehead atoms. The quantitative estimate of drug-likeness (QED) is 0.840. The molecule has 1 saturated carbocycles. The molecule has 4 heteroatoms. The van der Waals surface area contributed by atoms with Crippen molar-refractivity contribution in [1.29, 1.82) is 0 Å². The highest BCUT2D eigenvalue weighted by Gasteiger charge is 2.31. The van der Waals surface area contributed by atoms with Crippen LogP contribution in [0.15, 0.2) is 18.2 Å². The van der Waals surface area contributed by atoms with Crippen LogP contribution in [0.1, 0.15) is 42.5 Å². The van der Waals surface area contributed by atoms with Crippen LogP contribution < -0.4 is 5.32 Å². The summed E-state index contributed by atoms with van der Waals surface area (Å²) in [6.07, 6.45) is 1.78. The van der Waals surface area contributed by atoms with E-state index in [1.807, 2.05) is 26.0 Å². The Kier molecular flexibility index (Phi) is 4.42. The molecule has 0 spiro atoms. The van der Waals surface area contributed by atoms with Gasteiger partial charge in [0.25, 0.3) is 5.91 Å². The lowest BCUT2D eigenvalue weighted by Gasteiger charge is -2.15. The first kappa shape index (κ1) is 14.6. The number of benzene rings is 1. The van der Waals surface area contributed by atoms with Crippen molar-refractivity contribution in [2.24, 2.45) is 5.92 Å². The van der Waals surface area contributed by atoms with Gasteiger partial charge in [0.1, 0.15) is 0 Å². The third kappa shape index (κ3) is 3.83. The minimum atomic E-state index is -0.260. The Morgan fingerprint density at radius 3 is 2.60 bits per heavy atom. The number of carbonyl (C=O) groups is 2. The van der Waals surface area contributed by atoms with E-state index in [9.17, 15) is 9.59 Å². The Hall–Kier alpha value is -1.84. The average Bonchev–Trinajstić information content (AvgIpc) is 3.23. The van der Waals surface area contributed by atoms with Gasteiger partial charge in [0.2, 0.25) is 0 Å². The summed E-state index contributed by atoms with van der Waals surface area (Å²) in [6, 6.07) is 6.02. The maximum Gasteiger partial charge on any atom is 0.309 e. The molecule has 0 aromatic heterocycles. The van der Waals surface area contributed by atoms with Gasteiger partial charge in [-0.25, -0.2) is 0 Å². The number of esters is 1. The molecule has 1 aromatic rings. The van der Waals surface area contributed by atoms with Gasteiger partial charge in [0, 0.05) is 0 Å². The highest BCUT2D eigenvalue weighted by Crippen LogP contribution is 2.29. The lowest BCUT2D eigenvalue weighted by Crippen LogP contribution is -2.31. The Labute approximate surface area is 119 Å². The zero-order valence-corrected chi connectivity index (χ0v) is 12.2. The highest BCUT2D eigenvalue weighted by molar-refractivity contribution is 5.82. The van der Waals surface area contributed by atoms with Crippen molar-refractivity contribution in [3.05, 3.63) is 34.9 Å². The Morgan fingerprint density at radius 2 is 2.00 bits per heavy atom. The zero-order valence-electron chi connectivity index (χ0n) is 12.2. The topological polar surface area (TPSA) is 55.4 Å². The van der Waals surface area contributed by atoms with Crippen LogP contribution in [-0.4, -0.2) is 18.5 Å². The zero-order chi connectivity index (χ0) is 14.7. The first-order chi connectivity index (χ1) is 9.47. The minimum absolute atomic E-state index is 0.0278. The van der Waals surface area contributed by atoms with Crippen LogP contribution in [0.5, 0.6) is 0 Å². The number of carbonyl (C=O) groups excluding carboxylic acids is 2. The minimum Gasteiger partial charge on any atom is -0.455 e. The van der Waals surface area contributed by atoms with Gasteiger partial charge in [-0.3, -0.25) is 9.59 Å². The standard InChI is InChI=1S/C16H21NO3/c1-10-4-5-14(8-11(10)2)12(3)17-15(18)9-20-16(19)13-6-7-13/h4-5,8,12-13H,6-7,9H2,1-3H3,(H,17,18)/t12-/m1/s1. The third-order valence-electron chi connectivity index (χ3n) is 3.66. The second-order valence-corrected chi connectivity index (χ2v) is 5.51. The summed E-state index contributed by atoms with van der Waals surface area (Å²) >= 11 is 0. The first-order valence-corrected chi connectivity index (χ1v) is 7.00. The number of rotatable bonds is 5. The van der Waals surface area contributed by atoms with Crippen LogP contribution in [0.2, 0.25) is 0 Å². The van der Waals surface area contributed by atoms with E-state index >= 15 is 0 Å². The van der Waals surface area contributed by atoms with Crippen molar-refractivity contribution in [2.45, 2.75) is 39.7 Å². The lowest BCUT2D eigenvalue weighted by molar-refractivity contribution is -0.150. The monoisotopic (exact) mass is 275 g/mol. The molecule has 4 nitrogen and oxygen atoms in total. The van der Waals surface area contributed by atoms with Gasteiger partial charge >= 0.3 is 5.97 Å². The van der Waals surface area contributed by atoms with E-state index in [4.69, 9.17) is 4.74 Å². The SMILES string of the molecule is Cc1ccc([C@@H](C)NC(=O)COC(=O)C2CC2)cc1C. The van der Waals surface area contributed by atoms with Gasteiger partial charge in [-0.15, -0.1) is 0 Å². The summed E-state index contributed by atoms with van der Waals surface area (Å²) in [7, 11) is 0. The molecule has 108 valence electrons. The molecule has 0 heterocycles. The summed E-state index contributed by atoms with van der Waals surface area (Å²) in [4.78, 5) is 23.1. The predicted octanol–water partition coefficient (Wildman–Crippen LogP) is 2.43. The Bertz CT molecular complexity index is 520. The largest absolute Gasteiger partial charge is 0.455 e. The summed E-state index contributed by atoms with van der Waals surface area (Å²) in [6.45, 7) is 5.83. The van der Waals surface area contributed by atoms with Gasteiger partial charge in [-0.2, -0.15) is 0 Å². The van der Waals surface area contributed by atoms with Crippen LogP contribution in [0, 0.1) is 19.8 Å². The number of hydrogen-bond donors (Lipinski definition) is 1. The number of aryl methyl sites for hydroxylation is 2. The van der Waals surface area contributed by atoms with Gasteiger partial charge < -0.3 is 10.1 Å². The van der Waals surface area contributed by atoms with Crippen LogP contribution in [0.3, 0.4) is 0 Å².